The molecule has 150 valence electrons. The summed E-state index contributed by atoms with van der Waals surface area (Å²) in [6, 6.07) is 0. The maximum atomic E-state index is 11.6. The summed E-state index contributed by atoms with van der Waals surface area (Å²) in [5.74, 6) is 0.865. The zero-order valence-electron chi connectivity index (χ0n) is 17.0. The topological polar surface area (TPSA) is 72.8 Å². The van der Waals surface area contributed by atoms with Crippen LogP contribution in [0.25, 0.3) is 0 Å². The van der Waals surface area contributed by atoms with Gasteiger partial charge in [-0.2, -0.15) is 0 Å². The molecule has 2 aliphatic rings. The lowest BCUT2D eigenvalue weighted by Crippen LogP contribution is -2.43. The first-order valence-electron chi connectivity index (χ1n) is 10.1. The van der Waals surface area contributed by atoms with E-state index < -0.39 is 11.6 Å². The highest BCUT2D eigenvalue weighted by atomic mass is 16.5. The lowest BCUT2D eigenvalue weighted by atomic mass is 9.61. The molecule has 5 nitrogen and oxygen atoms in total. The zero-order valence-corrected chi connectivity index (χ0v) is 17.0. The molecule has 0 aromatic carbocycles. The van der Waals surface area contributed by atoms with Gasteiger partial charge in [-0.1, -0.05) is 20.3 Å². The van der Waals surface area contributed by atoms with Crippen molar-refractivity contribution < 1.29 is 24.2 Å². The van der Waals surface area contributed by atoms with Crippen LogP contribution in [0.3, 0.4) is 0 Å². The molecule has 0 radical (unpaired) electrons. The second-order valence-electron chi connectivity index (χ2n) is 8.97. The van der Waals surface area contributed by atoms with Gasteiger partial charge in [-0.3, -0.25) is 4.79 Å². The molecule has 2 rings (SSSR count). The van der Waals surface area contributed by atoms with Crippen molar-refractivity contribution in [3.05, 3.63) is 0 Å². The minimum atomic E-state index is -1.40. The van der Waals surface area contributed by atoms with E-state index in [1.807, 2.05) is 0 Å². The third kappa shape index (κ3) is 4.41. The first kappa shape index (κ1) is 21.2. The average Bonchev–Trinajstić information content (AvgIpc) is 2.91. The normalized spacial score (nSPS) is 34.5. The number of carbonyl (C=O) groups is 2. The third-order valence-corrected chi connectivity index (χ3v) is 7.09. The minimum absolute atomic E-state index is 0.0727. The summed E-state index contributed by atoms with van der Waals surface area (Å²) < 4.78 is 10.3. The Morgan fingerprint density at radius 3 is 2.62 bits per heavy atom. The molecule has 0 aromatic heterocycles. The van der Waals surface area contributed by atoms with Crippen LogP contribution in [0.1, 0.15) is 79.1 Å². The number of hydrogen-bond acceptors (Lipinski definition) is 5. The Bertz CT molecular complexity index is 515. The first-order valence-corrected chi connectivity index (χ1v) is 10.1. The molecule has 0 spiro atoms. The van der Waals surface area contributed by atoms with E-state index in [4.69, 9.17) is 4.74 Å². The van der Waals surface area contributed by atoms with Gasteiger partial charge in [0.2, 0.25) is 0 Å². The fourth-order valence-corrected chi connectivity index (χ4v) is 5.74. The molecule has 0 heterocycles. The quantitative estimate of drug-likeness (QED) is 0.691. The smallest absolute Gasteiger partial charge is 0.337 e. The van der Waals surface area contributed by atoms with Gasteiger partial charge < -0.3 is 14.6 Å². The molecule has 2 fully saturated rings. The summed E-state index contributed by atoms with van der Waals surface area (Å²) in [4.78, 5) is 23.1. The molecule has 26 heavy (non-hydrogen) atoms. The zero-order chi connectivity index (χ0) is 19.5. The van der Waals surface area contributed by atoms with Crippen molar-refractivity contribution in [2.24, 2.45) is 23.2 Å². The monoisotopic (exact) mass is 368 g/mol. The van der Waals surface area contributed by atoms with E-state index in [9.17, 15) is 14.7 Å². The van der Waals surface area contributed by atoms with Crippen LogP contribution in [-0.2, 0) is 19.1 Å². The fraction of sp³-hybridized carbons (Fsp3) is 0.905. The number of carbonyl (C=O) groups excluding carboxylic acids is 2. The highest BCUT2D eigenvalue weighted by molar-refractivity contribution is 5.78. The SMILES string of the molecule is COC(=O)[C@](C)(O)CCC[C@@H](C)[C@H]1CCC2C(OC(C)=O)CCC[C@@]21C. The van der Waals surface area contributed by atoms with Crippen LogP contribution < -0.4 is 0 Å². The summed E-state index contributed by atoms with van der Waals surface area (Å²) in [7, 11) is 1.31. The number of methoxy groups -OCH3 is 1. The van der Waals surface area contributed by atoms with Gasteiger partial charge in [0, 0.05) is 12.8 Å². The van der Waals surface area contributed by atoms with E-state index >= 15 is 0 Å². The van der Waals surface area contributed by atoms with E-state index in [-0.39, 0.29) is 17.5 Å². The van der Waals surface area contributed by atoms with Crippen molar-refractivity contribution in [2.45, 2.75) is 90.8 Å². The van der Waals surface area contributed by atoms with Crippen molar-refractivity contribution >= 4 is 11.9 Å². The van der Waals surface area contributed by atoms with Gasteiger partial charge in [-0.25, -0.2) is 4.79 Å². The van der Waals surface area contributed by atoms with E-state index in [1.165, 1.54) is 33.8 Å². The minimum Gasteiger partial charge on any atom is -0.467 e. The van der Waals surface area contributed by atoms with E-state index in [0.717, 1.165) is 32.1 Å². The van der Waals surface area contributed by atoms with Gasteiger partial charge in [-0.15, -0.1) is 0 Å². The molecule has 0 aliphatic heterocycles. The van der Waals surface area contributed by atoms with E-state index in [2.05, 4.69) is 18.6 Å². The Morgan fingerprint density at radius 1 is 1.31 bits per heavy atom. The number of fused-ring (bicyclic) bond motifs is 1. The molecule has 6 atom stereocenters. The van der Waals surface area contributed by atoms with Crippen molar-refractivity contribution in [2.75, 3.05) is 7.11 Å². The van der Waals surface area contributed by atoms with Crippen LogP contribution in [0.2, 0.25) is 0 Å². The summed E-state index contributed by atoms with van der Waals surface area (Å²) >= 11 is 0. The number of aliphatic hydroxyl groups is 1. The maximum Gasteiger partial charge on any atom is 0.337 e. The van der Waals surface area contributed by atoms with Crippen LogP contribution in [0, 0.1) is 23.2 Å². The van der Waals surface area contributed by atoms with Crippen molar-refractivity contribution in [3.8, 4) is 0 Å². The van der Waals surface area contributed by atoms with Crippen LogP contribution in [0.5, 0.6) is 0 Å². The van der Waals surface area contributed by atoms with Crippen LogP contribution in [0.15, 0.2) is 0 Å². The number of rotatable bonds is 7. The third-order valence-electron chi connectivity index (χ3n) is 7.09. The Morgan fingerprint density at radius 2 is 2.00 bits per heavy atom. The molecular formula is C21H36O5. The van der Waals surface area contributed by atoms with Gasteiger partial charge in [0.25, 0.3) is 0 Å². The van der Waals surface area contributed by atoms with Gasteiger partial charge >= 0.3 is 11.9 Å². The van der Waals surface area contributed by atoms with Crippen LogP contribution in [-0.4, -0.2) is 35.9 Å². The summed E-state index contributed by atoms with van der Waals surface area (Å²) in [6.45, 7) is 7.71. The average molecular weight is 369 g/mol. The predicted molar refractivity (Wildman–Crippen MR) is 99.4 cm³/mol. The van der Waals surface area contributed by atoms with E-state index in [1.54, 1.807) is 0 Å². The van der Waals surface area contributed by atoms with E-state index in [0.29, 0.717) is 24.2 Å². The number of esters is 2. The van der Waals surface area contributed by atoms with Crippen LogP contribution >= 0.6 is 0 Å². The van der Waals surface area contributed by atoms with Crippen molar-refractivity contribution in [3.63, 3.8) is 0 Å². The molecule has 0 amide bonds. The van der Waals surface area contributed by atoms with Gasteiger partial charge in [0.1, 0.15) is 6.10 Å². The predicted octanol–water partition coefficient (Wildman–Crippen LogP) is 3.86. The standard InChI is InChI=1S/C21H36O5/c1-14(8-6-13-21(4,24)19(23)25-5)16-10-11-17-18(26-15(2)22)9-7-12-20(16,17)3/h14,16-18,24H,6-13H2,1-5H3/t14-,16-,17?,18?,20-,21-/m1/s1. The molecular weight excluding hydrogens is 332 g/mol. The largest absolute Gasteiger partial charge is 0.467 e. The number of hydrogen-bond donors (Lipinski definition) is 1. The second kappa shape index (κ2) is 8.28. The summed E-state index contributed by atoms with van der Waals surface area (Å²) in [5.41, 5.74) is -1.18. The molecule has 1 N–H and O–H groups in total. The molecule has 5 heteroatoms. The Kier molecular flexibility index (Phi) is 6.75. The molecule has 2 unspecified atom stereocenters. The first-order chi connectivity index (χ1) is 12.1. The summed E-state index contributed by atoms with van der Waals surface area (Å²) in [5, 5.41) is 10.2. The van der Waals surface area contributed by atoms with Crippen molar-refractivity contribution in [1.82, 2.24) is 0 Å². The highest BCUT2D eigenvalue weighted by Gasteiger charge is 2.53. The number of ether oxygens (including phenoxy) is 2. The molecule has 0 saturated heterocycles. The molecule has 2 aliphatic carbocycles. The lowest BCUT2D eigenvalue weighted by molar-refractivity contribution is -0.161. The summed E-state index contributed by atoms with van der Waals surface area (Å²) in [6.07, 6.45) is 7.89. The molecule has 2 saturated carbocycles. The molecule has 0 aromatic rings. The Balaban J connectivity index is 1.94. The Labute approximate surface area is 157 Å². The highest BCUT2D eigenvalue weighted by Crippen LogP contribution is 2.58. The van der Waals surface area contributed by atoms with Gasteiger partial charge in [-0.05, 0) is 69.1 Å². The van der Waals surface area contributed by atoms with Gasteiger partial charge in [0.05, 0.1) is 7.11 Å². The maximum absolute atomic E-state index is 11.6. The van der Waals surface area contributed by atoms with Crippen LogP contribution in [0.4, 0.5) is 0 Å². The second-order valence-corrected chi connectivity index (χ2v) is 8.97. The lowest BCUT2D eigenvalue weighted by Gasteiger charge is -2.46. The Hall–Kier alpha value is -1.10. The fourth-order valence-electron chi connectivity index (χ4n) is 5.74. The van der Waals surface area contributed by atoms with Crippen molar-refractivity contribution in [1.29, 1.82) is 0 Å². The molecule has 0 bridgehead atoms. The van der Waals surface area contributed by atoms with Gasteiger partial charge in [0.15, 0.2) is 5.60 Å².